The minimum absolute atomic E-state index is 0. The van der Waals surface area contributed by atoms with Crippen LogP contribution >= 0.6 is 0 Å². The Morgan fingerprint density at radius 1 is 0.364 bits per heavy atom. The smallest absolute Gasteiger partial charge is 0.00506 e. The van der Waals surface area contributed by atoms with Gasteiger partial charge < -0.3 is 0 Å². The fourth-order valence-corrected chi connectivity index (χ4v) is 0.642. The first-order valence-corrected chi connectivity index (χ1v) is 3.33. The van der Waals surface area contributed by atoms with E-state index in [2.05, 4.69) is 0 Å². The standard InChI is InChI=1S/2C5H5.Mn/c2*1-2-4-5-3-1;/h2*1-5H;. The van der Waals surface area contributed by atoms with Gasteiger partial charge in [0, 0.05) is 29.9 Å². The second-order valence-electron chi connectivity index (χ2n) is 1.92. The summed E-state index contributed by atoms with van der Waals surface area (Å²) in [5.74, 6) is 0. The van der Waals surface area contributed by atoms with Crippen LogP contribution in [-0.2, 0) is 17.1 Å². The number of rotatable bonds is 0. The molecule has 0 aromatic carbocycles. The van der Waals surface area contributed by atoms with Gasteiger partial charge in [-0.15, -0.1) is 0 Å². The van der Waals surface area contributed by atoms with E-state index in [9.17, 15) is 0 Å². The summed E-state index contributed by atoms with van der Waals surface area (Å²) in [6.45, 7) is 0. The molecule has 0 aliphatic heterocycles. The summed E-state index contributed by atoms with van der Waals surface area (Å²) in [6.07, 6.45) is 20.0. The van der Waals surface area contributed by atoms with Gasteiger partial charge in [-0.2, -0.15) is 0 Å². The number of allylic oxidation sites excluding steroid dienone is 8. The molecule has 11 heavy (non-hydrogen) atoms. The molecule has 0 N–H and O–H groups in total. The second kappa shape index (κ2) is 7.58. The third-order valence-electron chi connectivity index (χ3n) is 1.11. The van der Waals surface area contributed by atoms with Gasteiger partial charge in [0.05, 0.1) is 0 Å². The summed E-state index contributed by atoms with van der Waals surface area (Å²) in [5, 5.41) is 0. The number of hydrogen-bond acceptors (Lipinski definition) is 0. The summed E-state index contributed by atoms with van der Waals surface area (Å²) in [5.41, 5.74) is 0. The van der Waals surface area contributed by atoms with Gasteiger partial charge in [-0.25, -0.2) is 0 Å². The van der Waals surface area contributed by atoms with Crippen molar-refractivity contribution in [2.24, 2.45) is 0 Å². The van der Waals surface area contributed by atoms with Crippen LogP contribution in [0, 0.1) is 12.8 Å². The van der Waals surface area contributed by atoms with Crippen molar-refractivity contribution in [2.45, 2.75) is 0 Å². The first kappa shape index (κ1) is 10.5. The van der Waals surface area contributed by atoms with E-state index < -0.39 is 0 Å². The topological polar surface area (TPSA) is 0 Å². The monoisotopic (exact) mass is 185 g/mol. The van der Waals surface area contributed by atoms with Crippen molar-refractivity contribution in [3.05, 3.63) is 61.4 Å². The SMILES string of the molecule is [CH]1C=CC=C1.[CH]1C=CC=C1.[Mn]. The van der Waals surface area contributed by atoms with Gasteiger partial charge in [0.25, 0.3) is 0 Å². The predicted molar refractivity (Wildman–Crippen MR) is 45.2 cm³/mol. The maximum atomic E-state index is 2.00. The van der Waals surface area contributed by atoms with Crippen LogP contribution in [0.2, 0.25) is 0 Å². The van der Waals surface area contributed by atoms with Crippen molar-refractivity contribution >= 4 is 0 Å². The van der Waals surface area contributed by atoms with Crippen molar-refractivity contribution in [2.75, 3.05) is 0 Å². The molecule has 0 saturated heterocycles. The van der Waals surface area contributed by atoms with Crippen LogP contribution in [0.5, 0.6) is 0 Å². The zero-order chi connectivity index (χ0) is 7.07. The van der Waals surface area contributed by atoms with E-state index in [0.717, 1.165) is 0 Å². The average Bonchev–Trinajstić information content (AvgIpc) is 2.67. The Bertz CT molecular complexity index is 143. The van der Waals surface area contributed by atoms with Crippen LogP contribution < -0.4 is 0 Å². The molecule has 0 amide bonds. The minimum atomic E-state index is 0. The average molecular weight is 185 g/mol. The molecule has 1 heteroatoms. The van der Waals surface area contributed by atoms with Gasteiger partial charge in [0.2, 0.25) is 0 Å². The quantitative estimate of drug-likeness (QED) is 0.509. The Morgan fingerprint density at radius 2 is 0.636 bits per heavy atom. The number of hydrogen-bond donors (Lipinski definition) is 0. The van der Waals surface area contributed by atoms with Crippen molar-refractivity contribution in [1.29, 1.82) is 0 Å². The molecule has 0 bridgehead atoms. The molecular weight excluding hydrogens is 175 g/mol. The fourth-order valence-electron chi connectivity index (χ4n) is 0.642. The predicted octanol–water partition coefficient (Wildman–Crippen LogP) is 2.63. The van der Waals surface area contributed by atoms with Gasteiger partial charge in [-0.3, -0.25) is 0 Å². The van der Waals surface area contributed by atoms with E-state index in [1.807, 2.05) is 61.4 Å². The molecule has 0 unspecified atom stereocenters. The van der Waals surface area contributed by atoms with Crippen molar-refractivity contribution < 1.29 is 17.1 Å². The molecule has 0 fully saturated rings. The summed E-state index contributed by atoms with van der Waals surface area (Å²) in [4.78, 5) is 0. The van der Waals surface area contributed by atoms with Gasteiger partial charge in [0.1, 0.15) is 0 Å². The van der Waals surface area contributed by atoms with Crippen LogP contribution in [0.25, 0.3) is 0 Å². The van der Waals surface area contributed by atoms with Crippen molar-refractivity contribution in [1.82, 2.24) is 0 Å². The van der Waals surface area contributed by atoms with Crippen molar-refractivity contribution in [3.63, 3.8) is 0 Å². The van der Waals surface area contributed by atoms with Crippen molar-refractivity contribution in [3.8, 4) is 0 Å². The molecule has 0 spiro atoms. The Morgan fingerprint density at radius 3 is 0.727 bits per heavy atom. The van der Waals surface area contributed by atoms with Crippen LogP contribution in [-0.4, -0.2) is 0 Å². The molecule has 57 valence electrons. The molecule has 0 aromatic heterocycles. The van der Waals surface area contributed by atoms with E-state index in [0.29, 0.717) is 0 Å². The summed E-state index contributed by atoms with van der Waals surface area (Å²) < 4.78 is 0. The molecule has 0 heterocycles. The molecule has 0 atom stereocenters. The Kier molecular flexibility index (Phi) is 7.23. The second-order valence-corrected chi connectivity index (χ2v) is 1.92. The van der Waals surface area contributed by atoms with E-state index in [4.69, 9.17) is 0 Å². The molecule has 2 aliphatic rings. The van der Waals surface area contributed by atoms with Crippen LogP contribution in [0.1, 0.15) is 0 Å². The van der Waals surface area contributed by atoms with Gasteiger partial charge in [0.15, 0.2) is 0 Å². The Labute approximate surface area is 78.9 Å². The molecular formula is C10H10Mn. The van der Waals surface area contributed by atoms with E-state index >= 15 is 0 Å². The molecule has 0 nitrogen and oxygen atoms in total. The fraction of sp³-hybridized carbons (Fsp3) is 0. The summed E-state index contributed by atoms with van der Waals surface area (Å²) >= 11 is 0. The van der Waals surface area contributed by atoms with Crippen LogP contribution in [0.4, 0.5) is 0 Å². The molecule has 0 saturated carbocycles. The first-order chi connectivity index (χ1) is 5.00. The molecule has 2 aliphatic carbocycles. The van der Waals surface area contributed by atoms with Gasteiger partial charge in [-0.1, -0.05) is 48.6 Å². The maximum absolute atomic E-state index is 2.00. The van der Waals surface area contributed by atoms with E-state index in [1.54, 1.807) is 0 Å². The first-order valence-electron chi connectivity index (χ1n) is 3.33. The molecule has 3 radical (unpaired) electrons. The zero-order valence-electron chi connectivity index (χ0n) is 6.15. The van der Waals surface area contributed by atoms with Gasteiger partial charge >= 0.3 is 0 Å². The molecule has 0 aromatic rings. The third-order valence-corrected chi connectivity index (χ3v) is 1.11. The normalized spacial score (nSPS) is 16.0. The summed E-state index contributed by atoms with van der Waals surface area (Å²) in [7, 11) is 0. The van der Waals surface area contributed by atoms with E-state index in [1.165, 1.54) is 0 Å². The van der Waals surface area contributed by atoms with Gasteiger partial charge in [-0.05, 0) is 0 Å². The Hall–Kier alpha value is -0.521. The minimum Gasteiger partial charge on any atom is -0.0767 e. The van der Waals surface area contributed by atoms with Crippen LogP contribution in [0.3, 0.4) is 0 Å². The van der Waals surface area contributed by atoms with Crippen LogP contribution in [0.15, 0.2) is 48.6 Å². The zero-order valence-corrected chi connectivity index (χ0v) is 7.33. The largest absolute Gasteiger partial charge is 0.0767 e. The van der Waals surface area contributed by atoms with E-state index in [-0.39, 0.29) is 17.1 Å². The molecule has 2 rings (SSSR count). The Balaban J connectivity index is 0.000000167. The maximum Gasteiger partial charge on any atom is 0.00506 e. The third kappa shape index (κ3) is 5.90. The summed E-state index contributed by atoms with van der Waals surface area (Å²) in [6, 6.07) is 0.